The lowest BCUT2D eigenvalue weighted by Crippen LogP contribution is -2.34. The van der Waals surface area contributed by atoms with E-state index in [9.17, 15) is 22.8 Å². The van der Waals surface area contributed by atoms with Gasteiger partial charge in [-0.15, -0.1) is 11.3 Å². The Morgan fingerprint density at radius 1 is 1.18 bits per heavy atom. The van der Waals surface area contributed by atoms with E-state index in [-0.39, 0.29) is 41.9 Å². The third-order valence-electron chi connectivity index (χ3n) is 5.43. The second kappa shape index (κ2) is 10.5. The normalized spacial score (nSPS) is 13.4. The second-order valence-corrected chi connectivity index (χ2v) is 11.1. The number of ether oxygens (including phenoxy) is 1. The number of aryl methyl sites for hydroxylation is 1. The maximum absolute atomic E-state index is 12.6. The van der Waals surface area contributed by atoms with E-state index >= 15 is 0 Å². The highest BCUT2D eigenvalue weighted by atomic mass is 32.2. The van der Waals surface area contributed by atoms with Crippen LogP contribution in [-0.4, -0.2) is 50.0 Å². The molecule has 10 heteroatoms. The number of hydrogen-bond acceptors (Lipinski definition) is 7. The zero-order valence-electron chi connectivity index (χ0n) is 19.0. The minimum Gasteiger partial charge on any atom is -0.462 e. The fourth-order valence-corrected chi connectivity index (χ4v) is 6.23. The highest BCUT2D eigenvalue weighted by Crippen LogP contribution is 2.37. The van der Waals surface area contributed by atoms with E-state index in [0.717, 1.165) is 16.0 Å². The number of nitrogens with one attached hydrogen (secondary N) is 1. The first-order chi connectivity index (χ1) is 15.6. The number of hydrogen-bond donors (Lipinski definition) is 1. The summed E-state index contributed by atoms with van der Waals surface area (Å²) in [5.41, 5.74) is 2.10. The average molecular weight is 493 g/mol. The van der Waals surface area contributed by atoms with E-state index in [1.54, 1.807) is 36.1 Å². The first-order valence-corrected chi connectivity index (χ1v) is 13.3. The standard InChI is InChI=1S/C23H28N2O6S2/c1-4-31-23(28)21-18-11-12-25(16(3)26)14-19(18)32-22(21)24-20(27)6-5-13-33(29,30)17-9-7-15(2)8-10-17/h7-10H,4-6,11-14H2,1-3H3,(H,24,27). The zero-order chi connectivity index (χ0) is 24.2. The van der Waals surface area contributed by atoms with Crippen molar-refractivity contribution in [2.24, 2.45) is 0 Å². The predicted molar refractivity (Wildman–Crippen MR) is 126 cm³/mol. The molecule has 0 bridgehead atoms. The molecular formula is C23H28N2O6S2. The molecule has 0 saturated heterocycles. The Hall–Kier alpha value is -2.72. The molecule has 178 valence electrons. The number of anilines is 1. The SMILES string of the molecule is CCOC(=O)c1c(NC(=O)CCCS(=O)(=O)c2ccc(C)cc2)sc2c1CCN(C(C)=O)C2. The number of fused-ring (bicyclic) bond motifs is 1. The Kier molecular flexibility index (Phi) is 7.91. The first kappa shape index (κ1) is 24.9. The topological polar surface area (TPSA) is 110 Å². The van der Waals surface area contributed by atoms with Crippen LogP contribution in [0, 0.1) is 6.92 Å². The molecule has 0 radical (unpaired) electrons. The van der Waals surface area contributed by atoms with E-state index < -0.39 is 15.8 Å². The number of rotatable bonds is 8. The number of amides is 2. The maximum atomic E-state index is 12.6. The van der Waals surface area contributed by atoms with Crippen molar-refractivity contribution in [2.75, 3.05) is 24.2 Å². The van der Waals surface area contributed by atoms with E-state index in [1.807, 2.05) is 6.92 Å². The molecule has 0 unspecified atom stereocenters. The van der Waals surface area contributed by atoms with Crippen molar-refractivity contribution < 1.29 is 27.5 Å². The van der Waals surface area contributed by atoms with Gasteiger partial charge in [-0.25, -0.2) is 13.2 Å². The quantitative estimate of drug-likeness (QED) is 0.566. The number of thiophene rings is 1. The van der Waals surface area contributed by atoms with Gasteiger partial charge in [0, 0.05) is 24.8 Å². The number of sulfone groups is 1. The molecule has 0 aliphatic carbocycles. The number of carbonyl (C=O) groups excluding carboxylic acids is 3. The third kappa shape index (κ3) is 6.00. The van der Waals surface area contributed by atoms with Crippen molar-refractivity contribution in [3.05, 3.63) is 45.8 Å². The monoisotopic (exact) mass is 492 g/mol. The molecule has 1 aliphatic rings. The number of nitrogens with zero attached hydrogens (tertiary/aromatic N) is 1. The zero-order valence-corrected chi connectivity index (χ0v) is 20.6. The summed E-state index contributed by atoms with van der Waals surface area (Å²) in [5, 5.41) is 3.15. The van der Waals surface area contributed by atoms with Gasteiger partial charge in [-0.05, 0) is 44.4 Å². The lowest BCUT2D eigenvalue weighted by Gasteiger charge is -2.25. The molecule has 3 rings (SSSR count). The Balaban J connectivity index is 1.69. The molecule has 2 heterocycles. The van der Waals surface area contributed by atoms with Gasteiger partial charge in [0.05, 0.1) is 29.4 Å². The summed E-state index contributed by atoms with van der Waals surface area (Å²) >= 11 is 1.26. The van der Waals surface area contributed by atoms with Crippen molar-refractivity contribution in [3.8, 4) is 0 Å². The summed E-state index contributed by atoms with van der Waals surface area (Å²) in [4.78, 5) is 39.7. The van der Waals surface area contributed by atoms with Crippen molar-refractivity contribution in [1.82, 2.24) is 4.90 Å². The van der Waals surface area contributed by atoms with Gasteiger partial charge >= 0.3 is 5.97 Å². The van der Waals surface area contributed by atoms with Crippen LogP contribution in [0.15, 0.2) is 29.2 Å². The van der Waals surface area contributed by atoms with Gasteiger partial charge in [0.1, 0.15) is 5.00 Å². The molecule has 0 saturated carbocycles. The molecule has 0 atom stereocenters. The molecule has 1 aliphatic heterocycles. The van der Waals surface area contributed by atoms with Gasteiger partial charge in [-0.2, -0.15) is 0 Å². The number of esters is 1. The summed E-state index contributed by atoms with van der Waals surface area (Å²) in [6.07, 6.45) is 0.652. The fraction of sp³-hybridized carbons (Fsp3) is 0.435. The Morgan fingerprint density at radius 3 is 2.52 bits per heavy atom. The molecule has 1 aromatic heterocycles. The van der Waals surface area contributed by atoms with E-state index in [0.29, 0.717) is 30.1 Å². The van der Waals surface area contributed by atoms with Crippen LogP contribution < -0.4 is 5.32 Å². The van der Waals surface area contributed by atoms with Crippen LogP contribution in [0.5, 0.6) is 0 Å². The first-order valence-electron chi connectivity index (χ1n) is 10.8. The smallest absolute Gasteiger partial charge is 0.341 e. The molecule has 8 nitrogen and oxygen atoms in total. The molecule has 33 heavy (non-hydrogen) atoms. The average Bonchev–Trinajstić information content (AvgIpc) is 3.10. The summed E-state index contributed by atoms with van der Waals surface area (Å²) in [7, 11) is -3.48. The van der Waals surface area contributed by atoms with Gasteiger partial charge in [-0.1, -0.05) is 17.7 Å². The van der Waals surface area contributed by atoms with Crippen molar-refractivity contribution in [2.45, 2.75) is 51.5 Å². The van der Waals surface area contributed by atoms with E-state index in [1.165, 1.54) is 18.3 Å². The van der Waals surface area contributed by atoms with E-state index in [4.69, 9.17) is 4.74 Å². The summed E-state index contributed by atoms with van der Waals surface area (Å²) in [6.45, 7) is 6.17. The van der Waals surface area contributed by atoms with Crippen LogP contribution in [0.1, 0.15) is 53.1 Å². The Bertz CT molecular complexity index is 1150. The van der Waals surface area contributed by atoms with Gasteiger partial charge < -0.3 is 15.0 Å². The van der Waals surface area contributed by atoms with Crippen molar-refractivity contribution in [3.63, 3.8) is 0 Å². The fourth-order valence-electron chi connectivity index (χ4n) is 3.65. The van der Waals surface area contributed by atoms with Crippen LogP contribution in [-0.2, 0) is 37.1 Å². The van der Waals surface area contributed by atoms with Crippen LogP contribution in [0.2, 0.25) is 0 Å². The maximum Gasteiger partial charge on any atom is 0.341 e. The predicted octanol–water partition coefficient (Wildman–Crippen LogP) is 3.33. The molecule has 1 aromatic carbocycles. The lowest BCUT2D eigenvalue weighted by atomic mass is 10.0. The minimum atomic E-state index is -3.48. The molecule has 2 amide bonds. The summed E-state index contributed by atoms with van der Waals surface area (Å²) in [5.74, 6) is -1.08. The lowest BCUT2D eigenvalue weighted by molar-refractivity contribution is -0.129. The Morgan fingerprint density at radius 2 is 1.88 bits per heavy atom. The van der Waals surface area contributed by atoms with Gasteiger partial charge in [0.25, 0.3) is 0 Å². The largest absolute Gasteiger partial charge is 0.462 e. The van der Waals surface area contributed by atoms with Crippen LogP contribution in [0.25, 0.3) is 0 Å². The molecule has 0 spiro atoms. The highest BCUT2D eigenvalue weighted by molar-refractivity contribution is 7.91. The van der Waals surface area contributed by atoms with Crippen LogP contribution in [0.4, 0.5) is 5.00 Å². The molecule has 2 aromatic rings. The summed E-state index contributed by atoms with van der Waals surface area (Å²) < 4.78 is 30.2. The third-order valence-corrected chi connectivity index (χ3v) is 8.38. The van der Waals surface area contributed by atoms with Gasteiger partial charge in [-0.3, -0.25) is 9.59 Å². The number of benzene rings is 1. The highest BCUT2D eigenvalue weighted by Gasteiger charge is 2.30. The summed E-state index contributed by atoms with van der Waals surface area (Å²) in [6, 6.07) is 6.61. The van der Waals surface area contributed by atoms with E-state index in [2.05, 4.69) is 5.32 Å². The van der Waals surface area contributed by atoms with Gasteiger partial charge in [0.2, 0.25) is 11.8 Å². The van der Waals surface area contributed by atoms with Crippen LogP contribution in [0.3, 0.4) is 0 Å². The van der Waals surface area contributed by atoms with Crippen molar-refractivity contribution in [1.29, 1.82) is 0 Å². The molecular weight excluding hydrogens is 464 g/mol. The second-order valence-electron chi connectivity index (χ2n) is 7.90. The van der Waals surface area contributed by atoms with Gasteiger partial charge in [0.15, 0.2) is 9.84 Å². The number of carbonyl (C=O) groups is 3. The minimum absolute atomic E-state index is 0.00447. The van der Waals surface area contributed by atoms with Crippen molar-refractivity contribution >= 4 is 44.0 Å². The Labute approximate surface area is 197 Å². The molecule has 0 fully saturated rings. The molecule has 1 N–H and O–H groups in total. The van der Waals surface area contributed by atoms with Crippen LogP contribution >= 0.6 is 11.3 Å².